The molecule has 2 atom stereocenters. The summed E-state index contributed by atoms with van der Waals surface area (Å²) in [6.07, 6.45) is 0.789. The van der Waals surface area contributed by atoms with Crippen LogP contribution in [0.5, 0.6) is 0 Å². The highest BCUT2D eigenvalue weighted by atomic mass is 16.3. The van der Waals surface area contributed by atoms with Crippen molar-refractivity contribution in [3.63, 3.8) is 0 Å². The molecular formula is C12H17N5O2. The minimum atomic E-state index is -0.745. The van der Waals surface area contributed by atoms with E-state index in [4.69, 9.17) is 5.11 Å². The molecule has 19 heavy (non-hydrogen) atoms. The molecule has 0 saturated heterocycles. The zero-order valence-corrected chi connectivity index (χ0v) is 10.6. The number of hydrogen-bond acceptors (Lipinski definition) is 6. The Bertz CT molecular complexity index is 503. The number of aliphatic hydroxyl groups excluding tert-OH is 2. The van der Waals surface area contributed by atoms with Crippen LogP contribution in [0, 0.1) is 0 Å². The van der Waals surface area contributed by atoms with Crippen molar-refractivity contribution in [2.75, 3.05) is 13.2 Å². The molecule has 0 aliphatic carbocycles. The maximum atomic E-state index is 9.32. The van der Waals surface area contributed by atoms with Crippen molar-refractivity contribution >= 4 is 0 Å². The number of benzene rings is 1. The molecule has 0 aliphatic heterocycles. The molecule has 0 saturated carbocycles. The first-order valence-electron chi connectivity index (χ1n) is 6.06. The van der Waals surface area contributed by atoms with Gasteiger partial charge in [0, 0.05) is 12.6 Å². The van der Waals surface area contributed by atoms with Crippen LogP contribution in [0.1, 0.15) is 18.5 Å². The number of nitrogens with zero attached hydrogens (tertiary/aromatic N) is 4. The highest BCUT2D eigenvalue weighted by molar-refractivity contribution is 5.35. The smallest absolute Gasteiger partial charge is 0.143 e. The Morgan fingerprint density at radius 1 is 1.42 bits per heavy atom. The molecule has 3 N–H and O–H groups in total. The molecule has 0 bridgehead atoms. The molecule has 0 radical (unpaired) electrons. The van der Waals surface area contributed by atoms with E-state index in [1.807, 2.05) is 31.2 Å². The van der Waals surface area contributed by atoms with Crippen LogP contribution < -0.4 is 5.32 Å². The lowest BCUT2D eigenvalue weighted by molar-refractivity contribution is 0.0924. The van der Waals surface area contributed by atoms with Crippen LogP contribution in [-0.4, -0.2) is 49.7 Å². The molecule has 2 rings (SSSR count). The van der Waals surface area contributed by atoms with E-state index in [1.165, 1.54) is 6.33 Å². The maximum absolute atomic E-state index is 9.32. The summed E-state index contributed by atoms with van der Waals surface area (Å²) in [7, 11) is 0. The lowest BCUT2D eigenvalue weighted by Crippen LogP contribution is -2.31. The number of hydrogen-bond donors (Lipinski definition) is 3. The monoisotopic (exact) mass is 263 g/mol. The van der Waals surface area contributed by atoms with Gasteiger partial charge in [0.1, 0.15) is 6.33 Å². The lowest BCUT2D eigenvalue weighted by atomic mass is 10.1. The summed E-state index contributed by atoms with van der Waals surface area (Å²) in [5.74, 6) is 0. The quantitative estimate of drug-likeness (QED) is 0.660. The molecule has 0 aliphatic rings. The molecule has 7 nitrogen and oxygen atoms in total. The predicted molar refractivity (Wildman–Crippen MR) is 68.7 cm³/mol. The van der Waals surface area contributed by atoms with E-state index < -0.39 is 6.10 Å². The van der Waals surface area contributed by atoms with Crippen molar-refractivity contribution in [2.24, 2.45) is 0 Å². The number of rotatable bonds is 6. The Kier molecular flexibility index (Phi) is 4.56. The van der Waals surface area contributed by atoms with Gasteiger partial charge in [-0.2, -0.15) is 0 Å². The zero-order chi connectivity index (χ0) is 13.7. The van der Waals surface area contributed by atoms with E-state index in [0.717, 1.165) is 11.3 Å². The van der Waals surface area contributed by atoms with Gasteiger partial charge in [0.15, 0.2) is 0 Å². The third kappa shape index (κ3) is 3.57. The van der Waals surface area contributed by atoms with E-state index in [9.17, 15) is 5.11 Å². The van der Waals surface area contributed by atoms with E-state index >= 15 is 0 Å². The first-order valence-corrected chi connectivity index (χ1v) is 6.06. The first-order chi connectivity index (χ1) is 9.20. The van der Waals surface area contributed by atoms with E-state index in [1.54, 1.807) is 4.68 Å². The molecule has 7 heteroatoms. The van der Waals surface area contributed by atoms with Crippen molar-refractivity contribution in [3.05, 3.63) is 36.2 Å². The predicted octanol–water partition coefficient (Wildman–Crippen LogP) is -0.334. The van der Waals surface area contributed by atoms with Gasteiger partial charge in [0.25, 0.3) is 0 Å². The highest BCUT2D eigenvalue weighted by Gasteiger charge is 2.09. The fourth-order valence-corrected chi connectivity index (χ4v) is 1.71. The second-order valence-electron chi connectivity index (χ2n) is 4.32. The normalized spacial score (nSPS) is 14.3. The third-order valence-electron chi connectivity index (χ3n) is 2.85. The number of nitrogens with one attached hydrogen (secondary N) is 1. The van der Waals surface area contributed by atoms with Crippen molar-refractivity contribution in [1.82, 2.24) is 25.5 Å². The van der Waals surface area contributed by atoms with Crippen LogP contribution in [-0.2, 0) is 0 Å². The Hall–Kier alpha value is -1.83. The summed E-state index contributed by atoms with van der Waals surface area (Å²) in [6.45, 7) is 2.08. The van der Waals surface area contributed by atoms with Crippen LogP contribution in [0.25, 0.3) is 5.69 Å². The maximum Gasteiger partial charge on any atom is 0.143 e. The average Bonchev–Trinajstić information content (AvgIpc) is 2.98. The third-order valence-corrected chi connectivity index (χ3v) is 2.85. The van der Waals surface area contributed by atoms with Crippen molar-refractivity contribution in [3.8, 4) is 5.69 Å². The minimum Gasteiger partial charge on any atom is -0.394 e. The summed E-state index contributed by atoms with van der Waals surface area (Å²) in [4.78, 5) is 0. The molecule has 2 aromatic rings. The molecule has 1 aromatic heterocycles. The SMILES string of the molecule is CC(NCC(O)CO)c1cccc(-n2cnnn2)c1. The molecular weight excluding hydrogens is 246 g/mol. The Balaban J connectivity index is 2.06. The first kappa shape index (κ1) is 13.6. The van der Waals surface area contributed by atoms with Gasteiger partial charge < -0.3 is 15.5 Å². The molecule has 1 aromatic carbocycles. The Morgan fingerprint density at radius 2 is 2.26 bits per heavy atom. The Labute approximate surface area is 110 Å². The Morgan fingerprint density at radius 3 is 2.95 bits per heavy atom. The summed E-state index contributed by atoms with van der Waals surface area (Å²) in [6, 6.07) is 7.84. The van der Waals surface area contributed by atoms with E-state index in [2.05, 4.69) is 20.8 Å². The van der Waals surface area contributed by atoms with Gasteiger partial charge in [-0.25, -0.2) is 4.68 Å². The van der Waals surface area contributed by atoms with Crippen LogP contribution in [0.2, 0.25) is 0 Å². The van der Waals surface area contributed by atoms with E-state index in [-0.39, 0.29) is 12.6 Å². The molecule has 0 fully saturated rings. The van der Waals surface area contributed by atoms with Crippen molar-refractivity contribution in [2.45, 2.75) is 19.1 Å². The summed E-state index contributed by atoms with van der Waals surface area (Å²) < 4.78 is 1.58. The largest absolute Gasteiger partial charge is 0.394 e. The second kappa shape index (κ2) is 6.37. The molecule has 1 heterocycles. The molecule has 2 unspecified atom stereocenters. The second-order valence-corrected chi connectivity index (χ2v) is 4.32. The summed E-state index contributed by atoms with van der Waals surface area (Å²) in [5, 5.41) is 32.3. The van der Waals surface area contributed by atoms with Crippen LogP contribution >= 0.6 is 0 Å². The van der Waals surface area contributed by atoms with Gasteiger partial charge in [-0.1, -0.05) is 12.1 Å². The lowest BCUT2D eigenvalue weighted by Gasteiger charge is -2.17. The fourth-order valence-electron chi connectivity index (χ4n) is 1.71. The zero-order valence-electron chi connectivity index (χ0n) is 10.6. The molecule has 0 amide bonds. The standard InChI is InChI=1S/C12H17N5O2/c1-9(13-6-12(19)7-18)10-3-2-4-11(5-10)17-8-14-15-16-17/h2-5,8-9,12-13,18-19H,6-7H2,1H3. The van der Waals surface area contributed by atoms with Crippen LogP contribution in [0.4, 0.5) is 0 Å². The van der Waals surface area contributed by atoms with Gasteiger partial charge in [-0.05, 0) is 35.0 Å². The van der Waals surface area contributed by atoms with Gasteiger partial charge in [0.05, 0.1) is 18.4 Å². The van der Waals surface area contributed by atoms with Crippen LogP contribution in [0.15, 0.2) is 30.6 Å². The topological polar surface area (TPSA) is 96.1 Å². The highest BCUT2D eigenvalue weighted by Crippen LogP contribution is 2.15. The fraction of sp³-hybridized carbons (Fsp3) is 0.417. The number of aliphatic hydroxyl groups is 2. The average molecular weight is 263 g/mol. The minimum absolute atomic E-state index is 0.0534. The van der Waals surface area contributed by atoms with Gasteiger partial charge in [0.2, 0.25) is 0 Å². The van der Waals surface area contributed by atoms with Crippen molar-refractivity contribution < 1.29 is 10.2 Å². The summed E-state index contributed by atoms with van der Waals surface area (Å²) >= 11 is 0. The van der Waals surface area contributed by atoms with Crippen LogP contribution in [0.3, 0.4) is 0 Å². The van der Waals surface area contributed by atoms with Gasteiger partial charge >= 0.3 is 0 Å². The number of tetrazole rings is 1. The van der Waals surface area contributed by atoms with Gasteiger partial charge in [-0.15, -0.1) is 5.10 Å². The van der Waals surface area contributed by atoms with Gasteiger partial charge in [-0.3, -0.25) is 0 Å². The molecule has 102 valence electrons. The van der Waals surface area contributed by atoms with E-state index in [0.29, 0.717) is 6.54 Å². The number of aromatic nitrogens is 4. The summed E-state index contributed by atoms with van der Waals surface area (Å²) in [5.41, 5.74) is 1.93. The molecule has 0 spiro atoms. The van der Waals surface area contributed by atoms with Crippen molar-refractivity contribution in [1.29, 1.82) is 0 Å².